The molecule has 6 heteroatoms. The monoisotopic (exact) mass is 440 g/mol. The summed E-state index contributed by atoms with van der Waals surface area (Å²) in [7, 11) is 0. The Morgan fingerprint density at radius 1 is 0.969 bits per heavy atom. The first kappa shape index (κ1) is 21.6. The smallest absolute Gasteiger partial charge is 0.242 e. The lowest BCUT2D eigenvalue weighted by Crippen LogP contribution is -2.27. The maximum atomic E-state index is 13.3. The summed E-state index contributed by atoms with van der Waals surface area (Å²) >= 11 is 1.38. The maximum Gasteiger partial charge on any atom is 0.242 e. The van der Waals surface area contributed by atoms with Crippen LogP contribution in [0.15, 0.2) is 103 Å². The third-order valence-corrected chi connectivity index (χ3v) is 5.86. The number of rotatable bonds is 8. The molecule has 0 aliphatic heterocycles. The van der Waals surface area contributed by atoms with Gasteiger partial charge in [0, 0.05) is 23.5 Å². The first-order valence-corrected chi connectivity index (χ1v) is 11.3. The van der Waals surface area contributed by atoms with Crippen molar-refractivity contribution in [3.05, 3.63) is 103 Å². The van der Waals surface area contributed by atoms with Gasteiger partial charge in [-0.15, -0.1) is 16.8 Å². The standard InChI is InChI=1S/C26H24N4OS/c1-3-17-29-25(21-12-10-11-20(2)18-21)27-28-26(29)32-19-24(31)30(22-13-6-4-7-14-22)23-15-8-5-9-16-23/h3-16,18H,1,17,19H2,2H3. The molecule has 0 aliphatic carbocycles. The number of thioether (sulfide) groups is 1. The van der Waals surface area contributed by atoms with Gasteiger partial charge in [0.25, 0.3) is 0 Å². The fourth-order valence-corrected chi connectivity index (χ4v) is 4.27. The highest BCUT2D eigenvalue weighted by Gasteiger charge is 2.20. The molecule has 0 atom stereocenters. The van der Waals surface area contributed by atoms with Gasteiger partial charge in [0.05, 0.1) is 5.75 Å². The highest BCUT2D eigenvalue weighted by molar-refractivity contribution is 7.99. The summed E-state index contributed by atoms with van der Waals surface area (Å²) < 4.78 is 2.00. The molecular weight excluding hydrogens is 416 g/mol. The molecule has 32 heavy (non-hydrogen) atoms. The van der Waals surface area contributed by atoms with Gasteiger partial charge in [-0.2, -0.15) is 0 Å². The zero-order chi connectivity index (χ0) is 22.3. The Hall–Kier alpha value is -3.64. The normalized spacial score (nSPS) is 10.7. The number of hydrogen-bond acceptors (Lipinski definition) is 4. The van der Waals surface area contributed by atoms with Crippen molar-refractivity contribution in [2.45, 2.75) is 18.6 Å². The molecule has 0 spiro atoms. The van der Waals surface area contributed by atoms with E-state index in [4.69, 9.17) is 0 Å². The van der Waals surface area contributed by atoms with Crippen molar-refractivity contribution >= 4 is 29.0 Å². The lowest BCUT2D eigenvalue weighted by Gasteiger charge is -2.23. The number of amides is 1. The number of benzene rings is 3. The number of hydrogen-bond donors (Lipinski definition) is 0. The predicted octanol–water partition coefficient (Wildman–Crippen LogP) is 5.90. The van der Waals surface area contributed by atoms with Gasteiger partial charge in [-0.25, -0.2) is 0 Å². The summed E-state index contributed by atoms with van der Waals surface area (Å²) in [5.74, 6) is 0.969. The summed E-state index contributed by atoms with van der Waals surface area (Å²) in [4.78, 5) is 15.1. The highest BCUT2D eigenvalue weighted by atomic mass is 32.2. The largest absolute Gasteiger partial charge is 0.298 e. The van der Waals surface area contributed by atoms with Gasteiger partial charge in [0.1, 0.15) is 0 Å². The molecule has 0 saturated heterocycles. The molecule has 0 saturated carbocycles. The van der Waals surface area contributed by atoms with E-state index >= 15 is 0 Å². The third kappa shape index (κ3) is 4.81. The van der Waals surface area contributed by atoms with Gasteiger partial charge in [-0.05, 0) is 37.3 Å². The molecule has 4 rings (SSSR count). The summed E-state index contributed by atoms with van der Waals surface area (Å²) in [6.45, 7) is 6.48. The molecule has 1 aromatic heterocycles. The van der Waals surface area contributed by atoms with Gasteiger partial charge >= 0.3 is 0 Å². The fraction of sp³-hybridized carbons (Fsp3) is 0.115. The molecule has 0 bridgehead atoms. The first-order valence-electron chi connectivity index (χ1n) is 10.3. The van der Waals surface area contributed by atoms with Crippen LogP contribution in [0.1, 0.15) is 5.56 Å². The van der Waals surface area contributed by atoms with Crippen LogP contribution >= 0.6 is 11.8 Å². The Labute approximate surface area is 192 Å². The summed E-state index contributed by atoms with van der Waals surface area (Å²) in [6, 6.07) is 27.5. The summed E-state index contributed by atoms with van der Waals surface area (Å²) in [5.41, 5.74) is 3.81. The van der Waals surface area contributed by atoms with Crippen molar-refractivity contribution in [1.82, 2.24) is 14.8 Å². The number of carbonyl (C=O) groups is 1. The Morgan fingerprint density at radius 2 is 1.62 bits per heavy atom. The average molecular weight is 441 g/mol. The first-order chi connectivity index (χ1) is 15.7. The van der Waals surface area contributed by atoms with Crippen molar-refractivity contribution in [1.29, 1.82) is 0 Å². The van der Waals surface area contributed by atoms with Crippen LogP contribution in [0.5, 0.6) is 0 Å². The van der Waals surface area contributed by atoms with Gasteiger partial charge < -0.3 is 0 Å². The minimum Gasteiger partial charge on any atom is -0.298 e. The number of carbonyl (C=O) groups excluding carboxylic acids is 1. The van der Waals surface area contributed by atoms with Gasteiger partial charge in [-0.1, -0.05) is 78.0 Å². The Kier molecular flexibility index (Phi) is 6.82. The van der Waals surface area contributed by atoms with Crippen LogP contribution < -0.4 is 4.90 Å². The highest BCUT2D eigenvalue weighted by Crippen LogP contribution is 2.29. The fourth-order valence-electron chi connectivity index (χ4n) is 3.47. The number of para-hydroxylation sites is 2. The molecule has 3 aromatic carbocycles. The Balaban J connectivity index is 1.59. The Morgan fingerprint density at radius 3 is 2.22 bits per heavy atom. The molecule has 0 fully saturated rings. The third-order valence-electron chi connectivity index (χ3n) is 4.91. The quantitative estimate of drug-likeness (QED) is 0.253. The SMILES string of the molecule is C=CCn1c(SCC(=O)N(c2ccccc2)c2ccccc2)nnc1-c1cccc(C)c1. The van der Waals surface area contributed by atoms with Crippen LogP contribution in [0.2, 0.25) is 0 Å². The summed E-state index contributed by atoms with van der Waals surface area (Å²) in [5, 5.41) is 9.47. The number of aromatic nitrogens is 3. The predicted molar refractivity (Wildman–Crippen MR) is 131 cm³/mol. The van der Waals surface area contributed by atoms with Crippen molar-refractivity contribution < 1.29 is 4.79 Å². The molecule has 0 unspecified atom stereocenters. The van der Waals surface area contributed by atoms with Gasteiger partial charge in [0.2, 0.25) is 5.91 Å². The minimum absolute atomic E-state index is 0.0299. The second kappa shape index (κ2) is 10.1. The van der Waals surface area contributed by atoms with Crippen LogP contribution in [0, 0.1) is 6.92 Å². The number of nitrogens with zero attached hydrogens (tertiary/aromatic N) is 4. The second-order valence-corrected chi connectivity index (χ2v) is 8.21. The number of allylic oxidation sites excluding steroid dienone is 1. The molecule has 0 radical (unpaired) electrons. The molecule has 4 aromatic rings. The van der Waals surface area contributed by atoms with Gasteiger partial charge in [0.15, 0.2) is 11.0 Å². The average Bonchev–Trinajstić information content (AvgIpc) is 3.22. The minimum atomic E-state index is -0.0299. The topological polar surface area (TPSA) is 51.0 Å². The van der Waals surface area contributed by atoms with Crippen LogP contribution in [0.4, 0.5) is 11.4 Å². The van der Waals surface area contributed by atoms with Crippen molar-refractivity contribution in [3.8, 4) is 11.4 Å². The zero-order valence-electron chi connectivity index (χ0n) is 17.9. The molecule has 1 amide bonds. The molecule has 160 valence electrons. The maximum absolute atomic E-state index is 13.3. The van der Waals surface area contributed by atoms with E-state index in [-0.39, 0.29) is 11.7 Å². The number of aryl methyl sites for hydroxylation is 1. The van der Waals surface area contributed by atoms with E-state index in [2.05, 4.69) is 22.8 Å². The lowest BCUT2D eigenvalue weighted by molar-refractivity contribution is -0.115. The van der Waals surface area contributed by atoms with E-state index in [1.54, 1.807) is 4.90 Å². The van der Waals surface area contributed by atoms with Crippen molar-refractivity contribution in [2.75, 3.05) is 10.7 Å². The van der Waals surface area contributed by atoms with Crippen LogP contribution in [-0.4, -0.2) is 26.4 Å². The van der Waals surface area contributed by atoms with Crippen molar-refractivity contribution in [3.63, 3.8) is 0 Å². The van der Waals surface area contributed by atoms with E-state index in [1.165, 1.54) is 11.8 Å². The van der Waals surface area contributed by atoms with E-state index in [1.807, 2.05) is 96.4 Å². The zero-order valence-corrected chi connectivity index (χ0v) is 18.7. The molecule has 0 N–H and O–H groups in total. The van der Waals surface area contributed by atoms with E-state index < -0.39 is 0 Å². The molecule has 1 heterocycles. The Bertz CT molecular complexity index is 1170. The molecule has 5 nitrogen and oxygen atoms in total. The van der Waals surface area contributed by atoms with Crippen LogP contribution in [0.25, 0.3) is 11.4 Å². The van der Waals surface area contributed by atoms with Crippen LogP contribution in [-0.2, 0) is 11.3 Å². The lowest BCUT2D eigenvalue weighted by atomic mass is 10.1. The second-order valence-electron chi connectivity index (χ2n) is 7.26. The van der Waals surface area contributed by atoms with Crippen molar-refractivity contribution in [2.24, 2.45) is 0 Å². The van der Waals surface area contributed by atoms with Crippen LogP contribution in [0.3, 0.4) is 0 Å². The number of anilines is 2. The van der Waals surface area contributed by atoms with E-state index in [9.17, 15) is 4.79 Å². The molecule has 0 aliphatic rings. The van der Waals surface area contributed by atoms with E-state index in [0.717, 1.165) is 28.3 Å². The molecular formula is C26H24N4OS. The summed E-state index contributed by atoms with van der Waals surface area (Å²) in [6.07, 6.45) is 1.81. The van der Waals surface area contributed by atoms with E-state index in [0.29, 0.717) is 11.7 Å². The van der Waals surface area contributed by atoms with Gasteiger partial charge in [-0.3, -0.25) is 14.3 Å².